The second kappa shape index (κ2) is 4.75. The molecule has 2 N–H and O–H groups in total. The molecule has 82 valence electrons. The molecule has 1 atom stereocenters. The summed E-state index contributed by atoms with van der Waals surface area (Å²) < 4.78 is 4.85. The number of ether oxygens (including phenoxy) is 1. The highest BCUT2D eigenvalue weighted by atomic mass is 16.5. The normalized spacial score (nSPS) is 24.9. The maximum absolute atomic E-state index is 11.4. The molecule has 0 bridgehead atoms. The van der Waals surface area contributed by atoms with E-state index in [1.807, 2.05) is 0 Å². The first-order valence-corrected chi connectivity index (χ1v) is 5.05. The molecule has 1 heterocycles. The molecule has 0 aromatic carbocycles. The van der Waals surface area contributed by atoms with Gasteiger partial charge in [0.15, 0.2) is 0 Å². The number of amides is 1. The van der Waals surface area contributed by atoms with E-state index in [0.717, 1.165) is 13.1 Å². The Hall–Kier alpha value is -0.610. The Morgan fingerprint density at radius 1 is 1.64 bits per heavy atom. The average Bonchev–Trinajstić information content (AvgIpc) is 2.43. The number of carbonyl (C=O) groups is 1. The Labute approximate surface area is 85.4 Å². The second-order valence-electron chi connectivity index (χ2n) is 4.48. The van der Waals surface area contributed by atoms with Crippen LogP contribution in [0.3, 0.4) is 0 Å². The van der Waals surface area contributed by atoms with E-state index in [1.54, 1.807) is 7.11 Å². The lowest BCUT2D eigenvalue weighted by atomic mass is 9.88. The van der Waals surface area contributed by atoms with E-state index >= 15 is 0 Å². The molecule has 4 heteroatoms. The molecule has 0 aromatic rings. The third-order valence-corrected chi connectivity index (χ3v) is 2.74. The van der Waals surface area contributed by atoms with Crippen LogP contribution >= 0.6 is 0 Å². The fourth-order valence-corrected chi connectivity index (χ4v) is 1.65. The van der Waals surface area contributed by atoms with Crippen molar-refractivity contribution in [2.75, 3.05) is 26.8 Å². The van der Waals surface area contributed by atoms with Gasteiger partial charge in [0.25, 0.3) is 0 Å². The molecular formula is C10H20N2O2. The molecule has 0 saturated carbocycles. The molecule has 4 nitrogen and oxygen atoms in total. The molecule has 1 aliphatic heterocycles. The largest absolute Gasteiger partial charge is 0.384 e. The number of hydrogen-bond donors (Lipinski definition) is 2. The van der Waals surface area contributed by atoms with Crippen molar-refractivity contribution in [2.24, 2.45) is 5.41 Å². The number of hydrogen-bond acceptors (Lipinski definition) is 3. The van der Waals surface area contributed by atoms with E-state index in [9.17, 15) is 4.79 Å². The van der Waals surface area contributed by atoms with Crippen molar-refractivity contribution in [3.63, 3.8) is 0 Å². The summed E-state index contributed by atoms with van der Waals surface area (Å²) in [6.07, 6.45) is 0.448. The Morgan fingerprint density at radius 2 is 2.36 bits per heavy atom. The van der Waals surface area contributed by atoms with Crippen LogP contribution < -0.4 is 10.6 Å². The molecule has 14 heavy (non-hydrogen) atoms. The maximum atomic E-state index is 11.4. The summed E-state index contributed by atoms with van der Waals surface area (Å²) in [4.78, 5) is 11.4. The van der Waals surface area contributed by atoms with Crippen LogP contribution in [0.15, 0.2) is 0 Å². The zero-order valence-electron chi connectivity index (χ0n) is 9.22. The van der Waals surface area contributed by atoms with Gasteiger partial charge in [0.05, 0.1) is 6.61 Å². The standard InChI is InChI=1S/C10H20N2O2/c1-10(2)7-11-6-8(10)12-9(13)4-5-14-3/h8,11H,4-7H2,1-3H3,(H,12,13). The summed E-state index contributed by atoms with van der Waals surface area (Å²) in [6, 6.07) is 0.242. The van der Waals surface area contributed by atoms with Gasteiger partial charge in [0.2, 0.25) is 5.91 Å². The molecule has 1 aliphatic rings. The fraction of sp³-hybridized carbons (Fsp3) is 0.900. The monoisotopic (exact) mass is 200 g/mol. The highest BCUT2D eigenvalue weighted by Gasteiger charge is 2.35. The molecule has 1 rings (SSSR count). The van der Waals surface area contributed by atoms with Crippen molar-refractivity contribution in [2.45, 2.75) is 26.3 Å². The van der Waals surface area contributed by atoms with Crippen molar-refractivity contribution in [3.05, 3.63) is 0 Å². The number of methoxy groups -OCH3 is 1. The van der Waals surface area contributed by atoms with Gasteiger partial charge in [-0.1, -0.05) is 13.8 Å². The minimum atomic E-state index is 0.0774. The number of nitrogens with one attached hydrogen (secondary N) is 2. The number of carbonyl (C=O) groups excluding carboxylic acids is 1. The van der Waals surface area contributed by atoms with E-state index in [0.29, 0.717) is 13.0 Å². The van der Waals surface area contributed by atoms with E-state index in [4.69, 9.17) is 4.74 Å². The first kappa shape index (κ1) is 11.5. The molecule has 0 aromatic heterocycles. The Morgan fingerprint density at radius 3 is 2.86 bits per heavy atom. The van der Waals surface area contributed by atoms with Gasteiger partial charge in [-0.25, -0.2) is 0 Å². The minimum absolute atomic E-state index is 0.0774. The summed E-state index contributed by atoms with van der Waals surface area (Å²) in [7, 11) is 1.61. The predicted octanol–water partition coefficient (Wildman–Crippen LogP) is 0.137. The predicted molar refractivity (Wildman–Crippen MR) is 55.1 cm³/mol. The van der Waals surface area contributed by atoms with Crippen LogP contribution in [0.5, 0.6) is 0 Å². The molecule has 1 unspecified atom stereocenters. The molecule has 1 amide bonds. The topological polar surface area (TPSA) is 50.4 Å². The zero-order chi connectivity index (χ0) is 10.6. The molecular weight excluding hydrogens is 180 g/mol. The first-order valence-electron chi connectivity index (χ1n) is 5.05. The van der Waals surface area contributed by atoms with Crippen LogP contribution in [0.25, 0.3) is 0 Å². The van der Waals surface area contributed by atoms with Crippen molar-refractivity contribution in [3.8, 4) is 0 Å². The van der Waals surface area contributed by atoms with E-state index in [2.05, 4.69) is 24.5 Å². The van der Waals surface area contributed by atoms with E-state index < -0.39 is 0 Å². The van der Waals surface area contributed by atoms with Gasteiger partial charge in [-0.2, -0.15) is 0 Å². The van der Waals surface area contributed by atoms with Gasteiger partial charge in [0, 0.05) is 32.7 Å². The van der Waals surface area contributed by atoms with E-state index in [-0.39, 0.29) is 17.4 Å². The van der Waals surface area contributed by atoms with Gasteiger partial charge >= 0.3 is 0 Å². The first-order chi connectivity index (χ1) is 6.56. The summed E-state index contributed by atoms with van der Waals surface area (Å²) >= 11 is 0. The number of rotatable bonds is 4. The quantitative estimate of drug-likeness (QED) is 0.678. The van der Waals surface area contributed by atoms with Gasteiger partial charge in [-0.15, -0.1) is 0 Å². The minimum Gasteiger partial charge on any atom is -0.384 e. The lowest BCUT2D eigenvalue weighted by molar-refractivity contribution is -0.123. The summed E-state index contributed by atoms with van der Waals surface area (Å²) in [5.74, 6) is 0.0774. The van der Waals surface area contributed by atoms with Crippen molar-refractivity contribution in [1.82, 2.24) is 10.6 Å². The SMILES string of the molecule is COCCC(=O)NC1CNCC1(C)C. The van der Waals surface area contributed by atoms with Crippen LogP contribution in [0.4, 0.5) is 0 Å². The van der Waals surface area contributed by atoms with Crippen molar-refractivity contribution in [1.29, 1.82) is 0 Å². The van der Waals surface area contributed by atoms with Gasteiger partial charge in [-0.3, -0.25) is 4.79 Å². The molecule has 1 fully saturated rings. The van der Waals surface area contributed by atoms with Crippen LogP contribution in [-0.2, 0) is 9.53 Å². The average molecular weight is 200 g/mol. The summed E-state index contributed by atoms with van der Waals surface area (Å²) in [5.41, 5.74) is 0.155. The molecule has 0 spiro atoms. The highest BCUT2D eigenvalue weighted by Crippen LogP contribution is 2.23. The Balaban J connectivity index is 2.33. The third kappa shape index (κ3) is 2.96. The lowest BCUT2D eigenvalue weighted by Gasteiger charge is -2.26. The molecule has 1 saturated heterocycles. The zero-order valence-corrected chi connectivity index (χ0v) is 9.22. The van der Waals surface area contributed by atoms with Crippen LogP contribution in [-0.4, -0.2) is 38.8 Å². The van der Waals surface area contributed by atoms with Crippen molar-refractivity contribution < 1.29 is 9.53 Å². The van der Waals surface area contributed by atoms with Gasteiger partial charge in [0.1, 0.15) is 0 Å². The Bertz CT molecular complexity index is 204. The summed E-state index contributed by atoms with van der Waals surface area (Å²) in [5, 5.41) is 6.30. The highest BCUT2D eigenvalue weighted by molar-refractivity contribution is 5.76. The maximum Gasteiger partial charge on any atom is 0.222 e. The van der Waals surface area contributed by atoms with Crippen LogP contribution in [0.2, 0.25) is 0 Å². The van der Waals surface area contributed by atoms with Crippen LogP contribution in [0.1, 0.15) is 20.3 Å². The van der Waals surface area contributed by atoms with Crippen molar-refractivity contribution >= 4 is 5.91 Å². The fourth-order valence-electron chi connectivity index (χ4n) is 1.65. The molecule has 0 aliphatic carbocycles. The lowest BCUT2D eigenvalue weighted by Crippen LogP contribution is -2.44. The second-order valence-corrected chi connectivity index (χ2v) is 4.48. The van der Waals surface area contributed by atoms with Gasteiger partial charge < -0.3 is 15.4 Å². The van der Waals surface area contributed by atoms with Crippen LogP contribution in [0, 0.1) is 5.41 Å². The van der Waals surface area contributed by atoms with Gasteiger partial charge in [-0.05, 0) is 5.41 Å². The molecule has 0 radical (unpaired) electrons. The third-order valence-electron chi connectivity index (χ3n) is 2.74. The smallest absolute Gasteiger partial charge is 0.222 e. The van der Waals surface area contributed by atoms with E-state index in [1.165, 1.54) is 0 Å². The Kier molecular flexibility index (Phi) is 3.89. The summed E-state index contributed by atoms with van der Waals surface area (Å²) in [6.45, 7) is 6.64.